The standard InChI is InChI=1S/C68H69BN2Si2/c1-67(2,3)50-38-32-46(33-39-50)52-22-13-15-24-54(52)48-36-42-58-56(44-48)69-57-45-49(55-25-16-14-23-53(55)47-34-40-51(41-35-47)68(4,5)6)37-43-59(57)71(61-27-18-20-31-65(61)73(10,11)12)63-29-21-28-62(66(63)69)70(58)60-26-17-19-30-64(60)72(7,8)9/h13-45H,1-12H3. The van der Waals surface area contributed by atoms with Crippen LogP contribution in [-0.4, -0.2) is 22.9 Å². The van der Waals surface area contributed by atoms with Gasteiger partial charge >= 0.3 is 0 Å². The van der Waals surface area contributed by atoms with E-state index in [4.69, 9.17) is 0 Å². The van der Waals surface area contributed by atoms with Crippen LogP contribution >= 0.6 is 0 Å². The molecule has 0 radical (unpaired) electrons. The maximum Gasteiger partial charge on any atom is 0.252 e. The molecule has 0 saturated heterocycles. The third kappa shape index (κ3) is 8.64. The van der Waals surface area contributed by atoms with E-state index < -0.39 is 16.1 Å². The van der Waals surface area contributed by atoms with E-state index in [1.807, 2.05) is 0 Å². The number of fused-ring (bicyclic) bond motifs is 4. The molecule has 0 unspecified atom stereocenters. The fourth-order valence-corrected chi connectivity index (χ4v) is 14.8. The van der Waals surface area contributed by atoms with Gasteiger partial charge in [0.1, 0.15) is 0 Å². The number of hydrogen-bond donors (Lipinski definition) is 0. The zero-order valence-corrected chi connectivity index (χ0v) is 47.0. The second-order valence-corrected chi connectivity index (χ2v) is 34.7. The summed E-state index contributed by atoms with van der Waals surface area (Å²) in [6, 6.07) is 76.9. The van der Waals surface area contributed by atoms with Gasteiger partial charge in [-0.05, 0) is 130 Å². The Kier molecular flexibility index (Phi) is 11.9. The van der Waals surface area contributed by atoms with Crippen molar-refractivity contribution < 1.29 is 0 Å². The molecule has 0 atom stereocenters. The van der Waals surface area contributed by atoms with Gasteiger partial charge in [-0.15, -0.1) is 0 Å². The van der Waals surface area contributed by atoms with E-state index in [1.54, 1.807) is 0 Å². The van der Waals surface area contributed by atoms with Crippen molar-refractivity contribution in [2.45, 2.75) is 91.7 Å². The summed E-state index contributed by atoms with van der Waals surface area (Å²) in [5.41, 5.74) is 24.2. The van der Waals surface area contributed by atoms with Gasteiger partial charge in [-0.2, -0.15) is 0 Å². The molecule has 0 aromatic heterocycles. The van der Waals surface area contributed by atoms with Gasteiger partial charge in [-0.1, -0.05) is 245 Å². The monoisotopic (exact) mass is 981 g/mol. The second-order valence-electron chi connectivity index (χ2n) is 24.6. The molecule has 2 aliphatic rings. The smallest absolute Gasteiger partial charge is 0.252 e. The zero-order valence-electron chi connectivity index (χ0n) is 45.0. The minimum atomic E-state index is -1.84. The third-order valence-corrected chi connectivity index (χ3v) is 19.6. The summed E-state index contributed by atoms with van der Waals surface area (Å²) in [6.45, 7) is 28.6. The summed E-state index contributed by atoms with van der Waals surface area (Å²) in [4.78, 5) is 5.26. The van der Waals surface area contributed by atoms with Crippen molar-refractivity contribution in [1.29, 1.82) is 0 Å². The fraction of sp³-hybridized carbons (Fsp3) is 0.206. The SMILES string of the molecule is CC(C)(C)c1ccc(-c2ccccc2-c2ccc3c(c2)B2c4cc(-c5ccccc5-c5ccc(C(C)(C)C)cc5)ccc4N(c4ccccc4[Si](C)(C)C)c4cccc(c42)N3c2ccccc2[Si](C)(C)C)cc1. The topological polar surface area (TPSA) is 6.48 Å². The molecule has 0 spiro atoms. The summed E-state index contributed by atoms with van der Waals surface area (Å²) < 4.78 is 0. The van der Waals surface area contributed by atoms with Crippen molar-refractivity contribution in [3.63, 3.8) is 0 Å². The Morgan fingerprint density at radius 3 is 0.986 bits per heavy atom. The highest BCUT2D eigenvalue weighted by Crippen LogP contribution is 2.46. The molecule has 0 N–H and O–H groups in total. The Morgan fingerprint density at radius 2 is 0.630 bits per heavy atom. The first kappa shape index (κ1) is 48.4. The summed E-state index contributed by atoms with van der Waals surface area (Å²) >= 11 is 0. The van der Waals surface area contributed by atoms with Gasteiger partial charge in [0, 0.05) is 34.1 Å². The van der Waals surface area contributed by atoms with Crippen LogP contribution in [0.2, 0.25) is 39.3 Å². The number of benzene rings is 9. The minimum absolute atomic E-state index is 0.0573. The Hall–Kier alpha value is -6.92. The van der Waals surface area contributed by atoms with Crippen LogP contribution in [0.1, 0.15) is 52.7 Å². The highest BCUT2D eigenvalue weighted by atomic mass is 28.3. The Balaban J connectivity index is 1.20. The van der Waals surface area contributed by atoms with Crippen LogP contribution in [0.15, 0.2) is 200 Å². The van der Waals surface area contributed by atoms with E-state index in [0.29, 0.717) is 0 Å². The molecule has 0 saturated carbocycles. The molecule has 2 nitrogen and oxygen atoms in total. The van der Waals surface area contributed by atoms with Crippen molar-refractivity contribution >= 4 is 83.7 Å². The maximum absolute atomic E-state index is 2.63. The van der Waals surface area contributed by atoms with Crippen molar-refractivity contribution in [1.82, 2.24) is 0 Å². The number of hydrogen-bond acceptors (Lipinski definition) is 2. The molecule has 11 rings (SSSR count). The van der Waals surface area contributed by atoms with Crippen LogP contribution in [0.5, 0.6) is 0 Å². The molecule has 0 bridgehead atoms. The predicted octanol–water partition coefficient (Wildman–Crippen LogP) is 16.1. The van der Waals surface area contributed by atoms with Gasteiger partial charge in [0.05, 0.1) is 16.1 Å². The average Bonchev–Trinajstić information content (AvgIpc) is 3.38. The van der Waals surface area contributed by atoms with E-state index >= 15 is 0 Å². The van der Waals surface area contributed by atoms with Crippen molar-refractivity contribution in [2.24, 2.45) is 0 Å². The van der Waals surface area contributed by atoms with Crippen molar-refractivity contribution in [2.75, 3.05) is 9.80 Å². The number of para-hydroxylation sites is 2. The van der Waals surface area contributed by atoms with Gasteiger partial charge in [0.2, 0.25) is 0 Å². The van der Waals surface area contributed by atoms with E-state index in [2.05, 4.69) is 291 Å². The van der Waals surface area contributed by atoms with Crippen LogP contribution in [0, 0.1) is 0 Å². The van der Waals surface area contributed by atoms with E-state index in [0.717, 1.165) is 0 Å². The summed E-state index contributed by atoms with van der Waals surface area (Å²) in [5, 5.41) is 2.91. The quantitative estimate of drug-likeness (QED) is 0.140. The summed E-state index contributed by atoms with van der Waals surface area (Å²) in [7, 11) is -3.69. The Labute approximate surface area is 438 Å². The molecule has 362 valence electrons. The van der Waals surface area contributed by atoms with E-state index in [-0.39, 0.29) is 17.5 Å². The van der Waals surface area contributed by atoms with Gasteiger partial charge in [-0.3, -0.25) is 0 Å². The molecular weight excluding hydrogens is 912 g/mol. The van der Waals surface area contributed by atoms with Gasteiger partial charge in [0.25, 0.3) is 6.71 Å². The number of anilines is 6. The molecule has 2 aliphatic heterocycles. The highest BCUT2D eigenvalue weighted by Gasteiger charge is 2.45. The molecule has 5 heteroatoms. The van der Waals surface area contributed by atoms with Gasteiger partial charge < -0.3 is 9.80 Å². The highest BCUT2D eigenvalue weighted by molar-refractivity contribution is 7.00. The fourth-order valence-electron chi connectivity index (χ4n) is 11.7. The summed E-state index contributed by atoms with van der Waals surface area (Å²) in [6.07, 6.45) is 0. The number of rotatable bonds is 8. The second kappa shape index (κ2) is 17.9. The number of nitrogens with zero attached hydrogens (tertiary/aromatic N) is 2. The lowest BCUT2D eigenvalue weighted by molar-refractivity contribution is 0.590. The molecule has 9 aromatic rings. The lowest BCUT2D eigenvalue weighted by Gasteiger charge is -2.45. The molecule has 2 heterocycles. The van der Waals surface area contributed by atoms with Crippen LogP contribution < -0.4 is 36.6 Å². The third-order valence-electron chi connectivity index (χ3n) is 15.5. The first-order valence-electron chi connectivity index (χ1n) is 26.4. The minimum Gasteiger partial charge on any atom is -0.312 e. The maximum atomic E-state index is 2.63. The van der Waals surface area contributed by atoms with Crippen molar-refractivity contribution in [3.05, 3.63) is 211 Å². The average molecular weight is 981 g/mol. The Morgan fingerprint density at radius 1 is 0.315 bits per heavy atom. The van der Waals surface area contributed by atoms with Crippen LogP contribution in [0.3, 0.4) is 0 Å². The first-order valence-corrected chi connectivity index (χ1v) is 33.4. The Bertz CT molecular complexity index is 3330. The van der Waals surface area contributed by atoms with Gasteiger partial charge in [0.15, 0.2) is 0 Å². The van der Waals surface area contributed by atoms with E-state index in [9.17, 15) is 0 Å². The first-order chi connectivity index (χ1) is 34.8. The largest absolute Gasteiger partial charge is 0.312 e. The zero-order chi connectivity index (χ0) is 51.2. The van der Waals surface area contributed by atoms with Crippen LogP contribution in [0.4, 0.5) is 34.1 Å². The summed E-state index contributed by atoms with van der Waals surface area (Å²) in [5.74, 6) is 0. The van der Waals surface area contributed by atoms with E-state index in [1.165, 1.54) is 117 Å². The van der Waals surface area contributed by atoms with Gasteiger partial charge in [-0.25, -0.2) is 0 Å². The molecular formula is C68H69BN2Si2. The lowest BCUT2D eigenvalue weighted by atomic mass is 9.33. The lowest BCUT2D eigenvalue weighted by Crippen LogP contribution is -2.62. The molecule has 0 amide bonds. The molecule has 73 heavy (non-hydrogen) atoms. The normalized spacial score (nSPS) is 13.4. The molecule has 0 fully saturated rings. The van der Waals surface area contributed by atoms with Crippen molar-refractivity contribution in [3.8, 4) is 44.5 Å². The van der Waals surface area contributed by atoms with Crippen LogP contribution in [-0.2, 0) is 10.8 Å². The predicted molar refractivity (Wildman–Crippen MR) is 326 cm³/mol. The van der Waals surface area contributed by atoms with Crippen LogP contribution in [0.25, 0.3) is 44.5 Å². The molecule has 9 aromatic carbocycles. The molecule has 0 aliphatic carbocycles.